The number of ether oxygens (including phenoxy) is 1. The zero-order valence-corrected chi connectivity index (χ0v) is 12.4. The lowest BCUT2D eigenvalue weighted by molar-refractivity contribution is 0.412. The molecule has 20 heavy (non-hydrogen) atoms. The molecule has 0 bridgehead atoms. The normalized spacial score (nSPS) is 15.4. The molecule has 0 atom stereocenters. The fourth-order valence-corrected chi connectivity index (χ4v) is 3.76. The molecule has 1 aliphatic carbocycles. The third kappa shape index (κ3) is 2.46. The van der Waals surface area contributed by atoms with E-state index in [1.54, 1.807) is 18.4 Å². The van der Waals surface area contributed by atoms with Crippen molar-refractivity contribution < 1.29 is 4.74 Å². The first kappa shape index (κ1) is 13.3. The molecule has 0 N–H and O–H groups in total. The maximum Gasteiger partial charge on any atom is 0.144 e. The number of hydrogen-bond acceptors (Lipinski definition) is 3. The first-order valence-electron chi connectivity index (χ1n) is 7.02. The Morgan fingerprint density at radius 3 is 2.90 bits per heavy atom. The molecule has 4 heteroatoms. The number of rotatable bonds is 4. The average Bonchev–Trinajstić information content (AvgIpc) is 3.18. The monoisotopic (exact) mass is 286 g/mol. The standard InChI is InChI=1S/C16H18N2OS/c1-19-16-10-18(13-4-2-3-5-13)9-15(16)12-8-14(6-7-17)20-11-12/h8-11,13H,2-6H2,1H3. The highest BCUT2D eigenvalue weighted by molar-refractivity contribution is 7.10. The maximum absolute atomic E-state index is 8.78. The van der Waals surface area contributed by atoms with E-state index in [2.05, 4.69) is 34.5 Å². The molecule has 3 nitrogen and oxygen atoms in total. The fraction of sp³-hybridized carbons (Fsp3) is 0.438. The van der Waals surface area contributed by atoms with Gasteiger partial charge in [0.15, 0.2) is 0 Å². The molecule has 0 spiro atoms. The van der Waals surface area contributed by atoms with Crippen LogP contribution in [-0.4, -0.2) is 11.7 Å². The summed E-state index contributed by atoms with van der Waals surface area (Å²) in [7, 11) is 1.72. The van der Waals surface area contributed by atoms with Gasteiger partial charge in [-0.05, 0) is 29.9 Å². The fourth-order valence-electron chi connectivity index (χ4n) is 2.94. The molecule has 0 radical (unpaired) electrons. The van der Waals surface area contributed by atoms with Gasteiger partial charge in [0.2, 0.25) is 0 Å². The van der Waals surface area contributed by atoms with Crippen LogP contribution in [0.2, 0.25) is 0 Å². The van der Waals surface area contributed by atoms with Gasteiger partial charge in [-0.25, -0.2) is 0 Å². The summed E-state index contributed by atoms with van der Waals surface area (Å²) in [5, 5.41) is 10.9. The van der Waals surface area contributed by atoms with Gasteiger partial charge in [-0.3, -0.25) is 0 Å². The minimum atomic E-state index is 0.482. The van der Waals surface area contributed by atoms with E-state index in [9.17, 15) is 0 Å². The highest BCUT2D eigenvalue weighted by Crippen LogP contribution is 2.38. The summed E-state index contributed by atoms with van der Waals surface area (Å²) in [4.78, 5) is 1.11. The maximum atomic E-state index is 8.78. The largest absolute Gasteiger partial charge is 0.495 e. The van der Waals surface area contributed by atoms with E-state index in [4.69, 9.17) is 10.00 Å². The SMILES string of the molecule is COc1cn(C2CCCC2)cc1-c1csc(CC#N)c1. The molecule has 1 aliphatic rings. The van der Waals surface area contributed by atoms with Crippen LogP contribution in [0.25, 0.3) is 11.1 Å². The van der Waals surface area contributed by atoms with Crippen LogP contribution in [-0.2, 0) is 6.42 Å². The second-order valence-electron chi connectivity index (χ2n) is 5.26. The van der Waals surface area contributed by atoms with E-state index < -0.39 is 0 Å². The third-order valence-corrected chi connectivity index (χ3v) is 4.93. The Kier molecular flexibility index (Phi) is 3.79. The second kappa shape index (κ2) is 5.72. The second-order valence-corrected chi connectivity index (χ2v) is 6.26. The highest BCUT2D eigenvalue weighted by Gasteiger charge is 2.19. The van der Waals surface area contributed by atoms with Gasteiger partial charge in [0.25, 0.3) is 0 Å². The van der Waals surface area contributed by atoms with Crippen molar-refractivity contribution in [1.82, 2.24) is 4.57 Å². The predicted molar refractivity (Wildman–Crippen MR) is 81.1 cm³/mol. The van der Waals surface area contributed by atoms with Crippen molar-refractivity contribution in [3.05, 3.63) is 28.7 Å². The molecule has 104 valence electrons. The van der Waals surface area contributed by atoms with Crippen molar-refractivity contribution in [2.24, 2.45) is 0 Å². The van der Waals surface area contributed by atoms with Crippen molar-refractivity contribution in [2.75, 3.05) is 7.11 Å². The number of hydrogen-bond donors (Lipinski definition) is 0. The van der Waals surface area contributed by atoms with Crippen molar-refractivity contribution in [1.29, 1.82) is 5.26 Å². The molecule has 0 aromatic carbocycles. The first-order chi connectivity index (χ1) is 9.81. The Morgan fingerprint density at radius 2 is 2.20 bits per heavy atom. The Hall–Kier alpha value is -1.73. The van der Waals surface area contributed by atoms with Crippen molar-refractivity contribution in [2.45, 2.75) is 38.1 Å². The van der Waals surface area contributed by atoms with Crippen LogP contribution in [0, 0.1) is 11.3 Å². The summed E-state index contributed by atoms with van der Waals surface area (Å²) in [6.45, 7) is 0. The molecule has 0 unspecified atom stereocenters. The van der Waals surface area contributed by atoms with Gasteiger partial charge < -0.3 is 9.30 Å². The van der Waals surface area contributed by atoms with Crippen molar-refractivity contribution in [3.63, 3.8) is 0 Å². The number of nitriles is 1. The van der Waals surface area contributed by atoms with Crippen LogP contribution in [0.3, 0.4) is 0 Å². The zero-order valence-electron chi connectivity index (χ0n) is 11.6. The summed E-state index contributed by atoms with van der Waals surface area (Å²) in [5.74, 6) is 0.929. The highest BCUT2D eigenvalue weighted by atomic mass is 32.1. The van der Waals surface area contributed by atoms with E-state index >= 15 is 0 Å². The molecule has 1 fully saturated rings. The average molecular weight is 286 g/mol. The molecule has 1 saturated carbocycles. The van der Waals surface area contributed by atoms with Crippen LogP contribution in [0.1, 0.15) is 36.6 Å². The van der Waals surface area contributed by atoms with Crippen LogP contribution < -0.4 is 4.74 Å². The topological polar surface area (TPSA) is 38.0 Å². The van der Waals surface area contributed by atoms with Gasteiger partial charge in [0.1, 0.15) is 5.75 Å². The molecule has 2 heterocycles. The lowest BCUT2D eigenvalue weighted by Crippen LogP contribution is -2.00. The van der Waals surface area contributed by atoms with Gasteiger partial charge in [-0.15, -0.1) is 11.3 Å². The number of nitrogens with zero attached hydrogens (tertiary/aromatic N) is 2. The molecular formula is C16H18N2OS. The van der Waals surface area contributed by atoms with Gasteiger partial charge in [-0.1, -0.05) is 12.8 Å². The van der Waals surface area contributed by atoms with Crippen LogP contribution in [0.5, 0.6) is 5.75 Å². The Bertz CT molecular complexity index is 629. The molecule has 2 aromatic rings. The molecule has 0 saturated heterocycles. The Morgan fingerprint density at radius 1 is 1.40 bits per heavy atom. The Balaban J connectivity index is 1.92. The van der Waals surface area contributed by atoms with Gasteiger partial charge in [-0.2, -0.15) is 5.26 Å². The quantitative estimate of drug-likeness (QED) is 0.835. The van der Waals surface area contributed by atoms with E-state index in [0.717, 1.165) is 21.8 Å². The van der Waals surface area contributed by atoms with Crippen LogP contribution in [0.15, 0.2) is 23.8 Å². The van der Waals surface area contributed by atoms with Gasteiger partial charge in [0.05, 0.1) is 19.6 Å². The first-order valence-corrected chi connectivity index (χ1v) is 7.90. The minimum absolute atomic E-state index is 0.482. The predicted octanol–water partition coefficient (Wildman–Crippen LogP) is 4.41. The molecular weight excluding hydrogens is 268 g/mol. The third-order valence-electron chi connectivity index (χ3n) is 3.99. The van der Waals surface area contributed by atoms with Gasteiger partial charge >= 0.3 is 0 Å². The molecule has 3 rings (SSSR count). The number of methoxy groups -OCH3 is 1. The lowest BCUT2D eigenvalue weighted by Gasteiger charge is -2.10. The lowest BCUT2D eigenvalue weighted by atomic mass is 10.1. The summed E-state index contributed by atoms with van der Waals surface area (Å²) >= 11 is 1.64. The Labute approximate surface area is 123 Å². The number of aromatic nitrogens is 1. The van der Waals surface area contributed by atoms with E-state index in [0.29, 0.717) is 12.5 Å². The number of thiophene rings is 1. The smallest absolute Gasteiger partial charge is 0.144 e. The van der Waals surface area contributed by atoms with Crippen molar-refractivity contribution >= 4 is 11.3 Å². The van der Waals surface area contributed by atoms with E-state index in [1.807, 2.05) is 0 Å². The molecule has 0 aliphatic heterocycles. The summed E-state index contributed by atoms with van der Waals surface area (Å²) in [6, 6.07) is 4.92. The molecule has 0 amide bonds. The van der Waals surface area contributed by atoms with Gasteiger partial charge in [0, 0.05) is 28.9 Å². The molecule has 2 aromatic heterocycles. The van der Waals surface area contributed by atoms with E-state index in [1.165, 1.54) is 25.7 Å². The summed E-state index contributed by atoms with van der Waals surface area (Å²) in [5.41, 5.74) is 2.30. The van der Waals surface area contributed by atoms with Crippen LogP contribution >= 0.6 is 11.3 Å². The van der Waals surface area contributed by atoms with Crippen LogP contribution in [0.4, 0.5) is 0 Å². The summed E-state index contributed by atoms with van der Waals surface area (Å²) < 4.78 is 7.84. The van der Waals surface area contributed by atoms with Crippen molar-refractivity contribution in [3.8, 4) is 22.9 Å². The summed E-state index contributed by atoms with van der Waals surface area (Å²) in [6.07, 6.45) is 9.98. The zero-order chi connectivity index (χ0) is 13.9. The minimum Gasteiger partial charge on any atom is -0.495 e. The van der Waals surface area contributed by atoms with E-state index in [-0.39, 0.29) is 0 Å².